The Morgan fingerprint density at radius 1 is 0.812 bits per heavy atom. The summed E-state index contributed by atoms with van der Waals surface area (Å²) in [4.78, 5) is 0. The second-order valence-corrected chi connectivity index (χ2v) is 7.40. The molecule has 2 rings (SSSR count). The van der Waals surface area contributed by atoms with E-state index in [2.05, 4.69) is 19.7 Å². The van der Waals surface area contributed by atoms with E-state index in [9.17, 15) is 25.5 Å². The highest BCUT2D eigenvalue weighted by Crippen LogP contribution is 2.39. The molecule has 2 heterocycles. The molecule has 32 heavy (non-hydrogen) atoms. The normalized spacial score (nSPS) is 39.7. The fourth-order valence-corrected chi connectivity index (χ4v) is 3.64. The lowest BCUT2D eigenvalue weighted by molar-refractivity contribution is -0.387. The Balaban J connectivity index is 2.39. The van der Waals surface area contributed by atoms with E-state index in [1.165, 1.54) is 18.2 Å². The third-order valence-electron chi connectivity index (χ3n) is 5.13. The molecular formula is C21H34O11. The van der Waals surface area contributed by atoms with E-state index in [-0.39, 0.29) is 26.4 Å². The maximum Gasteiger partial charge on any atom is 0.224 e. The standard InChI is InChI=1S/C21H34O11/c1-4-7-27-12-21(32-20-17(26)16(25)15(24)13(10-22)30-20)19(29-9-6-3)18(28-8-5-2)14(11-23)31-21/h4-6,13-20,22-26H,1-3,7-12H2/t13-,14-,15-,16+,17-,18-,19+,20-,21+/m1/s1. The van der Waals surface area contributed by atoms with E-state index < -0.39 is 68.0 Å². The lowest BCUT2D eigenvalue weighted by Gasteiger charge is -2.44. The van der Waals surface area contributed by atoms with E-state index in [4.69, 9.17) is 28.4 Å². The molecule has 0 aromatic rings. The van der Waals surface area contributed by atoms with Crippen LogP contribution in [0, 0.1) is 0 Å². The van der Waals surface area contributed by atoms with Gasteiger partial charge in [-0.1, -0.05) is 18.2 Å². The van der Waals surface area contributed by atoms with Gasteiger partial charge < -0.3 is 54.0 Å². The first kappa shape index (κ1) is 27.0. The molecule has 11 nitrogen and oxygen atoms in total. The van der Waals surface area contributed by atoms with Crippen molar-refractivity contribution in [3.8, 4) is 0 Å². The van der Waals surface area contributed by atoms with Gasteiger partial charge in [-0.15, -0.1) is 19.7 Å². The predicted molar refractivity (Wildman–Crippen MR) is 110 cm³/mol. The van der Waals surface area contributed by atoms with Gasteiger partial charge in [0.25, 0.3) is 0 Å². The van der Waals surface area contributed by atoms with Crippen LogP contribution >= 0.6 is 0 Å². The molecule has 2 aliphatic heterocycles. The van der Waals surface area contributed by atoms with Gasteiger partial charge in [0.05, 0.1) is 33.0 Å². The fourth-order valence-electron chi connectivity index (χ4n) is 3.64. The van der Waals surface area contributed by atoms with Gasteiger partial charge in [-0.2, -0.15) is 0 Å². The van der Waals surface area contributed by atoms with E-state index in [1.807, 2.05) is 0 Å². The highest BCUT2D eigenvalue weighted by atomic mass is 16.8. The molecule has 9 atom stereocenters. The average molecular weight is 462 g/mol. The van der Waals surface area contributed by atoms with E-state index in [0.29, 0.717) is 0 Å². The number of aliphatic hydroxyl groups excluding tert-OH is 5. The van der Waals surface area contributed by atoms with Gasteiger partial charge in [0.1, 0.15) is 49.3 Å². The second-order valence-electron chi connectivity index (χ2n) is 7.40. The Hall–Kier alpha value is -1.22. The second kappa shape index (κ2) is 12.9. The Morgan fingerprint density at radius 3 is 2.03 bits per heavy atom. The molecular weight excluding hydrogens is 428 g/mol. The number of ether oxygens (including phenoxy) is 6. The lowest BCUT2D eigenvalue weighted by Crippen LogP contribution is -2.63. The van der Waals surface area contributed by atoms with Gasteiger partial charge in [0, 0.05) is 0 Å². The Bertz CT molecular complexity index is 600. The minimum Gasteiger partial charge on any atom is -0.394 e. The van der Waals surface area contributed by atoms with Crippen LogP contribution in [0.4, 0.5) is 0 Å². The molecule has 0 amide bonds. The van der Waals surface area contributed by atoms with Gasteiger partial charge in [-0.25, -0.2) is 0 Å². The highest BCUT2D eigenvalue weighted by molar-refractivity contribution is 5.01. The minimum absolute atomic E-state index is 0.0708. The summed E-state index contributed by atoms with van der Waals surface area (Å²) in [6.45, 7) is 9.82. The summed E-state index contributed by atoms with van der Waals surface area (Å²) in [6.07, 6.45) is -5.83. The SMILES string of the molecule is C=CCOC[C@@]1(O[C@H]2O[C@H](CO)[C@@H](O)[C@H](O)[C@H]2O)O[C@H](CO)[C@@H](OCC=C)[C@@H]1OCC=C. The lowest BCUT2D eigenvalue weighted by atomic mass is 9.99. The Labute approximate surface area is 187 Å². The van der Waals surface area contributed by atoms with Crippen molar-refractivity contribution in [3.63, 3.8) is 0 Å². The zero-order chi connectivity index (χ0) is 23.7. The Morgan fingerprint density at radius 2 is 1.44 bits per heavy atom. The van der Waals surface area contributed by atoms with Crippen LogP contribution in [0.2, 0.25) is 0 Å². The van der Waals surface area contributed by atoms with Crippen LogP contribution in [0.5, 0.6) is 0 Å². The zero-order valence-corrected chi connectivity index (χ0v) is 17.9. The van der Waals surface area contributed by atoms with Gasteiger partial charge >= 0.3 is 0 Å². The number of hydrogen-bond acceptors (Lipinski definition) is 11. The molecule has 2 aliphatic rings. The molecule has 0 radical (unpaired) electrons. The molecule has 2 saturated heterocycles. The predicted octanol–water partition coefficient (Wildman–Crippen LogP) is -1.76. The van der Waals surface area contributed by atoms with E-state index in [0.717, 1.165) is 0 Å². The van der Waals surface area contributed by atoms with Gasteiger partial charge in [0.2, 0.25) is 5.79 Å². The Kier molecular flexibility index (Phi) is 10.9. The maximum atomic E-state index is 10.5. The first-order valence-electron chi connectivity index (χ1n) is 10.3. The van der Waals surface area contributed by atoms with Crippen molar-refractivity contribution >= 4 is 0 Å². The summed E-state index contributed by atoms with van der Waals surface area (Å²) in [5, 5.41) is 50.0. The number of hydrogen-bond donors (Lipinski definition) is 5. The first-order valence-corrected chi connectivity index (χ1v) is 10.3. The monoisotopic (exact) mass is 462 g/mol. The molecule has 0 saturated carbocycles. The molecule has 0 unspecified atom stereocenters. The molecule has 0 aliphatic carbocycles. The summed E-state index contributed by atoms with van der Waals surface area (Å²) in [5.41, 5.74) is 0. The molecule has 5 N–H and O–H groups in total. The minimum atomic E-state index is -1.76. The van der Waals surface area contributed by atoms with Crippen LogP contribution in [-0.4, -0.2) is 120 Å². The van der Waals surface area contributed by atoms with Crippen molar-refractivity contribution < 1.29 is 54.0 Å². The van der Waals surface area contributed by atoms with Gasteiger partial charge in [-0.05, 0) is 0 Å². The first-order chi connectivity index (χ1) is 15.4. The topological polar surface area (TPSA) is 157 Å². The molecule has 0 aromatic carbocycles. The number of aliphatic hydroxyl groups is 5. The summed E-state index contributed by atoms with van der Waals surface area (Å²) in [7, 11) is 0. The van der Waals surface area contributed by atoms with Crippen LogP contribution in [-0.2, 0) is 28.4 Å². The molecule has 11 heteroatoms. The molecule has 0 aromatic heterocycles. The molecule has 2 fully saturated rings. The van der Waals surface area contributed by atoms with Crippen LogP contribution < -0.4 is 0 Å². The van der Waals surface area contributed by atoms with Crippen molar-refractivity contribution in [1.82, 2.24) is 0 Å². The fraction of sp³-hybridized carbons (Fsp3) is 0.714. The van der Waals surface area contributed by atoms with Crippen molar-refractivity contribution in [1.29, 1.82) is 0 Å². The number of rotatable bonds is 14. The quantitative estimate of drug-likeness (QED) is 0.147. The zero-order valence-electron chi connectivity index (χ0n) is 17.9. The summed E-state index contributed by atoms with van der Waals surface area (Å²) < 4.78 is 34.7. The third kappa shape index (κ3) is 6.01. The van der Waals surface area contributed by atoms with Crippen molar-refractivity contribution in [2.24, 2.45) is 0 Å². The summed E-state index contributed by atoms with van der Waals surface area (Å²) in [6, 6.07) is 0. The van der Waals surface area contributed by atoms with Crippen molar-refractivity contribution in [3.05, 3.63) is 38.0 Å². The van der Waals surface area contributed by atoms with Crippen molar-refractivity contribution in [2.45, 2.75) is 54.8 Å². The molecule has 184 valence electrons. The largest absolute Gasteiger partial charge is 0.394 e. The van der Waals surface area contributed by atoms with E-state index >= 15 is 0 Å². The van der Waals surface area contributed by atoms with Crippen LogP contribution in [0.15, 0.2) is 38.0 Å². The molecule has 0 bridgehead atoms. The van der Waals surface area contributed by atoms with Crippen molar-refractivity contribution in [2.75, 3.05) is 39.6 Å². The molecule has 0 spiro atoms. The van der Waals surface area contributed by atoms with Crippen LogP contribution in [0.1, 0.15) is 0 Å². The highest BCUT2D eigenvalue weighted by Gasteiger charge is 2.60. The van der Waals surface area contributed by atoms with E-state index in [1.54, 1.807) is 0 Å². The smallest absolute Gasteiger partial charge is 0.224 e. The van der Waals surface area contributed by atoms with Gasteiger partial charge in [0.15, 0.2) is 6.29 Å². The van der Waals surface area contributed by atoms with Gasteiger partial charge in [-0.3, -0.25) is 0 Å². The third-order valence-corrected chi connectivity index (χ3v) is 5.13. The van der Waals surface area contributed by atoms with Crippen LogP contribution in [0.25, 0.3) is 0 Å². The summed E-state index contributed by atoms with van der Waals surface area (Å²) >= 11 is 0. The summed E-state index contributed by atoms with van der Waals surface area (Å²) in [5.74, 6) is -1.76. The average Bonchev–Trinajstić information content (AvgIpc) is 3.08. The maximum absolute atomic E-state index is 10.5. The van der Waals surface area contributed by atoms with Crippen LogP contribution in [0.3, 0.4) is 0 Å².